The molecule has 0 bridgehead atoms. The Morgan fingerprint density at radius 2 is 1.88 bits per heavy atom. The minimum atomic E-state index is -0.373. The van der Waals surface area contributed by atoms with Gasteiger partial charge in [-0.3, -0.25) is 10.1 Å². The zero-order valence-electron chi connectivity index (χ0n) is 16.7. The summed E-state index contributed by atoms with van der Waals surface area (Å²) >= 11 is 8.64. The average Bonchev–Trinajstić information content (AvgIpc) is 3.40. The Morgan fingerprint density at radius 1 is 1.06 bits per heavy atom. The van der Waals surface area contributed by atoms with Crippen LogP contribution in [0.2, 0.25) is 5.02 Å². The third kappa shape index (κ3) is 4.88. The molecule has 0 aliphatic carbocycles. The van der Waals surface area contributed by atoms with Gasteiger partial charge >= 0.3 is 6.03 Å². The number of carbonyl (C=O) groups excluding carboxylic acids is 2. The fourth-order valence-electron chi connectivity index (χ4n) is 2.80. The summed E-state index contributed by atoms with van der Waals surface area (Å²) in [7, 11) is 1.52. The first-order valence-electron chi connectivity index (χ1n) is 9.31. The molecule has 2 aromatic carbocycles. The zero-order chi connectivity index (χ0) is 22.7. The summed E-state index contributed by atoms with van der Waals surface area (Å²) in [6.07, 6.45) is 0. The minimum Gasteiger partial charge on any atom is -0.382 e. The fourth-order valence-corrected chi connectivity index (χ4v) is 4.80. The largest absolute Gasteiger partial charge is 0.382 e. The van der Waals surface area contributed by atoms with Crippen LogP contribution in [0, 0.1) is 0 Å². The van der Waals surface area contributed by atoms with Crippen molar-refractivity contribution in [1.29, 1.82) is 0 Å². The maximum atomic E-state index is 12.5. The number of carbonyl (C=O) groups is 2. The number of rotatable bonds is 5. The SMILES string of the molecule is CNC(=O)Nc1nc(N)c(-c2nc(-c3cccc(NC(=O)c4cccc(Cl)c4)c3)cs2)s1. The number of nitrogens with one attached hydrogen (secondary N) is 3. The van der Waals surface area contributed by atoms with Crippen LogP contribution in [0.25, 0.3) is 21.1 Å². The van der Waals surface area contributed by atoms with Gasteiger partial charge in [0.1, 0.15) is 15.7 Å². The van der Waals surface area contributed by atoms with Crippen molar-refractivity contribution in [2.45, 2.75) is 0 Å². The van der Waals surface area contributed by atoms with Crippen LogP contribution in [0.4, 0.5) is 21.4 Å². The van der Waals surface area contributed by atoms with Crippen LogP contribution in [0.1, 0.15) is 10.4 Å². The standard InChI is InChI=1S/C21H17ClN6O2S2/c1-24-20(30)28-21-27-17(23)16(32-21)19-26-15(10-31-19)11-4-3-7-14(9-11)25-18(29)12-5-2-6-13(22)8-12/h2-10H,23H2,1H3,(H,25,29)(H2,24,27,28,30). The van der Waals surface area contributed by atoms with Crippen molar-refractivity contribution in [2.75, 3.05) is 23.4 Å². The summed E-state index contributed by atoms with van der Waals surface area (Å²) in [5.41, 5.74) is 8.70. The number of nitrogens with zero attached hydrogens (tertiary/aromatic N) is 2. The van der Waals surface area contributed by atoms with E-state index in [9.17, 15) is 9.59 Å². The van der Waals surface area contributed by atoms with Gasteiger partial charge in [-0.25, -0.2) is 14.8 Å². The highest BCUT2D eigenvalue weighted by Gasteiger charge is 2.16. The van der Waals surface area contributed by atoms with E-state index in [1.54, 1.807) is 30.3 Å². The molecule has 0 aliphatic heterocycles. The lowest BCUT2D eigenvalue weighted by atomic mass is 10.1. The van der Waals surface area contributed by atoms with E-state index in [4.69, 9.17) is 17.3 Å². The van der Waals surface area contributed by atoms with Gasteiger partial charge in [-0.15, -0.1) is 11.3 Å². The predicted molar refractivity (Wildman–Crippen MR) is 131 cm³/mol. The number of amides is 3. The third-order valence-electron chi connectivity index (χ3n) is 4.30. The highest BCUT2D eigenvalue weighted by atomic mass is 35.5. The molecule has 2 aromatic heterocycles. The molecule has 0 atom stereocenters. The number of nitrogen functional groups attached to an aromatic ring is 1. The number of thiazole rings is 2. The van der Waals surface area contributed by atoms with Crippen LogP contribution in [-0.4, -0.2) is 29.0 Å². The molecule has 11 heteroatoms. The maximum absolute atomic E-state index is 12.5. The molecule has 162 valence electrons. The molecule has 0 radical (unpaired) electrons. The highest BCUT2D eigenvalue weighted by molar-refractivity contribution is 7.23. The molecule has 5 N–H and O–H groups in total. The second-order valence-electron chi connectivity index (χ2n) is 6.52. The third-order valence-corrected chi connectivity index (χ3v) is 6.52. The molecule has 0 spiro atoms. The van der Waals surface area contributed by atoms with Crippen molar-refractivity contribution < 1.29 is 9.59 Å². The van der Waals surface area contributed by atoms with Crippen LogP contribution in [0.3, 0.4) is 0 Å². The summed E-state index contributed by atoms with van der Waals surface area (Å²) in [4.78, 5) is 33.5. The van der Waals surface area contributed by atoms with E-state index in [0.29, 0.717) is 37.1 Å². The summed E-state index contributed by atoms with van der Waals surface area (Å²) < 4.78 is 0. The van der Waals surface area contributed by atoms with E-state index in [1.807, 2.05) is 23.6 Å². The van der Waals surface area contributed by atoms with Crippen molar-refractivity contribution in [1.82, 2.24) is 15.3 Å². The van der Waals surface area contributed by atoms with Gasteiger partial charge in [-0.1, -0.05) is 41.1 Å². The zero-order valence-corrected chi connectivity index (χ0v) is 19.1. The number of anilines is 3. The molecule has 4 rings (SSSR count). The van der Waals surface area contributed by atoms with E-state index < -0.39 is 0 Å². The Kier molecular flexibility index (Phi) is 6.35. The molecule has 0 aliphatic rings. The summed E-state index contributed by atoms with van der Waals surface area (Å²) in [5.74, 6) is 0.0436. The van der Waals surface area contributed by atoms with Crippen LogP contribution in [0.15, 0.2) is 53.9 Å². The summed E-state index contributed by atoms with van der Waals surface area (Å²) in [6.45, 7) is 0. The molecule has 0 saturated heterocycles. The first-order valence-corrected chi connectivity index (χ1v) is 11.4. The van der Waals surface area contributed by atoms with Crippen LogP contribution >= 0.6 is 34.3 Å². The van der Waals surface area contributed by atoms with E-state index >= 15 is 0 Å². The van der Waals surface area contributed by atoms with E-state index in [2.05, 4.69) is 25.9 Å². The van der Waals surface area contributed by atoms with E-state index in [0.717, 1.165) is 11.3 Å². The molecule has 0 saturated carbocycles. The first-order chi connectivity index (χ1) is 15.4. The monoisotopic (exact) mass is 484 g/mol. The van der Waals surface area contributed by atoms with Crippen LogP contribution in [-0.2, 0) is 0 Å². The molecule has 0 fully saturated rings. The molecule has 3 amide bonds. The quantitative estimate of drug-likeness (QED) is 0.311. The number of urea groups is 1. The van der Waals surface area contributed by atoms with Crippen molar-refractivity contribution in [3.05, 3.63) is 64.5 Å². The Bertz CT molecular complexity index is 1300. The fraction of sp³-hybridized carbons (Fsp3) is 0.0476. The predicted octanol–water partition coefficient (Wildman–Crippen LogP) is 5.17. The van der Waals surface area contributed by atoms with Gasteiger partial charge in [-0.05, 0) is 30.3 Å². The van der Waals surface area contributed by atoms with Gasteiger partial charge in [0.05, 0.1) is 5.69 Å². The van der Waals surface area contributed by atoms with E-state index in [-0.39, 0.29) is 11.9 Å². The molecular weight excluding hydrogens is 468 g/mol. The lowest BCUT2D eigenvalue weighted by Crippen LogP contribution is -2.24. The van der Waals surface area contributed by atoms with Gasteiger partial charge in [0.15, 0.2) is 5.13 Å². The van der Waals surface area contributed by atoms with Crippen molar-refractivity contribution in [3.63, 3.8) is 0 Å². The van der Waals surface area contributed by atoms with Crippen molar-refractivity contribution in [3.8, 4) is 21.1 Å². The molecule has 4 aromatic rings. The molecular formula is C21H17ClN6O2S2. The summed E-state index contributed by atoms with van der Waals surface area (Å²) in [5, 5.41) is 11.4. The number of hydrogen-bond acceptors (Lipinski definition) is 7. The Labute approximate surface area is 196 Å². The molecule has 2 heterocycles. The number of benzene rings is 2. The smallest absolute Gasteiger partial charge is 0.320 e. The van der Waals surface area contributed by atoms with Gasteiger partial charge in [-0.2, -0.15) is 0 Å². The highest BCUT2D eigenvalue weighted by Crippen LogP contribution is 2.38. The topological polar surface area (TPSA) is 122 Å². The van der Waals surface area contributed by atoms with Crippen LogP contribution < -0.4 is 21.7 Å². The molecule has 8 nitrogen and oxygen atoms in total. The van der Waals surface area contributed by atoms with Gasteiger partial charge in [0.2, 0.25) is 0 Å². The Hall–Kier alpha value is -3.47. The van der Waals surface area contributed by atoms with Gasteiger partial charge in [0.25, 0.3) is 5.91 Å². The second kappa shape index (κ2) is 9.35. The Balaban J connectivity index is 1.54. The number of aromatic nitrogens is 2. The maximum Gasteiger partial charge on any atom is 0.320 e. The summed E-state index contributed by atoms with van der Waals surface area (Å²) in [6, 6.07) is 13.8. The lowest BCUT2D eigenvalue weighted by Gasteiger charge is -2.07. The second-order valence-corrected chi connectivity index (χ2v) is 8.81. The number of nitrogens with two attached hydrogens (primary N) is 1. The van der Waals surface area contributed by atoms with Gasteiger partial charge in [0, 0.05) is 34.3 Å². The van der Waals surface area contributed by atoms with Crippen LogP contribution in [0.5, 0.6) is 0 Å². The lowest BCUT2D eigenvalue weighted by molar-refractivity contribution is 0.102. The van der Waals surface area contributed by atoms with E-state index in [1.165, 1.54) is 29.7 Å². The first kappa shape index (κ1) is 21.8. The van der Waals surface area contributed by atoms with Gasteiger partial charge < -0.3 is 16.4 Å². The van der Waals surface area contributed by atoms with Crippen molar-refractivity contribution >= 4 is 62.8 Å². The molecule has 32 heavy (non-hydrogen) atoms. The normalized spacial score (nSPS) is 10.6. The minimum absolute atomic E-state index is 0.253. The Morgan fingerprint density at radius 3 is 2.66 bits per heavy atom. The number of hydrogen-bond donors (Lipinski definition) is 4. The van der Waals surface area contributed by atoms with Crippen molar-refractivity contribution in [2.24, 2.45) is 0 Å². The molecule has 0 unspecified atom stereocenters. The number of halogens is 1. The average molecular weight is 485 g/mol.